The van der Waals surface area contributed by atoms with Gasteiger partial charge >= 0.3 is 6.03 Å². The van der Waals surface area contributed by atoms with Gasteiger partial charge < -0.3 is 40.2 Å². The van der Waals surface area contributed by atoms with E-state index in [-0.39, 0.29) is 29.9 Å². The van der Waals surface area contributed by atoms with Crippen molar-refractivity contribution in [2.75, 3.05) is 41.5 Å². The number of hydrogen-bond acceptors (Lipinski definition) is 7. The van der Waals surface area contributed by atoms with Crippen molar-refractivity contribution in [2.24, 2.45) is 0 Å². The number of rotatable bonds is 27. The lowest BCUT2D eigenvalue weighted by Crippen LogP contribution is -2.30. The molecular formula is C39H66N4O7. The molecule has 0 radical (unpaired) electrons. The van der Waals surface area contributed by atoms with Crippen LogP contribution in [-0.2, 0) is 9.59 Å². The minimum Gasteiger partial charge on any atom is -0.492 e. The van der Waals surface area contributed by atoms with Gasteiger partial charge in [0.25, 0.3) is 0 Å². The molecule has 2 atom stereocenters. The van der Waals surface area contributed by atoms with Crippen LogP contribution in [0.25, 0.3) is 6.08 Å². The highest BCUT2D eigenvalue weighted by Crippen LogP contribution is 2.50. The second kappa shape index (κ2) is 24.5. The fourth-order valence-corrected chi connectivity index (χ4v) is 6.51. The molecule has 1 unspecified atom stereocenters. The van der Waals surface area contributed by atoms with Crippen LogP contribution in [0.5, 0.6) is 23.0 Å². The Bertz CT molecular complexity index is 1220. The van der Waals surface area contributed by atoms with E-state index in [0.29, 0.717) is 54.5 Å². The molecule has 1 aromatic carbocycles. The first-order valence-corrected chi connectivity index (χ1v) is 18.9. The summed E-state index contributed by atoms with van der Waals surface area (Å²) in [5, 5.41) is 12.0. The molecule has 1 aliphatic rings. The molecule has 284 valence electrons. The van der Waals surface area contributed by atoms with Crippen molar-refractivity contribution >= 4 is 23.9 Å². The Labute approximate surface area is 301 Å². The number of benzene rings is 1. The van der Waals surface area contributed by atoms with Gasteiger partial charge in [-0.2, -0.15) is 0 Å². The van der Waals surface area contributed by atoms with Crippen LogP contribution in [0.2, 0.25) is 0 Å². The van der Waals surface area contributed by atoms with E-state index >= 15 is 0 Å². The predicted octanol–water partition coefficient (Wildman–Crippen LogP) is 7.37. The van der Waals surface area contributed by atoms with Crippen molar-refractivity contribution in [3.63, 3.8) is 0 Å². The van der Waals surface area contributed by atoms with Gasteiger partial charge in [0, 0.05) is 42.3 Å². The fourth-order valence-electron chi connectivity index (χ4n) is 6.51. The second-order valence-corrected chi connectivity index (χ2v) is 13.3. The number of amides is 4. The Morgan fingerprint density at radius 1 is 0.680 bits per heavy atom. The summed E-state index contributed by atoms with van der Waals surface area (Å²) >= 11 is 0. The van der Waals surface area contributed by atoms with Gasteiger partial charge in [-0.3, -0.25) is 9.59 Å². The monoisotopic (exact) mass is 702 g/mol. The van der Waals surface area contributed by atoms with E-state index in [1.54, 1.807) is 28.4 Å². The first-order valence-electron chi connectivity index (χ1n) is 18.9. The highest BCUT2D eigenvalue weighted by molar-refractivity contribution is 5.99. The van der Waals surface area contributed by atoms with Crippen molar-refractivity contribution < 1.29 is 33.3 Å². The first-order chi connectivity index (χ1) is 24.2. The van der Waals surface area contributed by atoms with Crippen molar-refractivity contribution in [1.29, 1.82) is 0 Å². The Balaban J connectivity index is 1.83. The first kappa shape index (κ1) is 42.5. The number of urea groups is 1. The predicted molar refractivity (Wildman–Crippen MR) is 200 cm³/mol. The maximum Gasteiger partial charge on any atom is 0.315 e. The number of unbranched alkanes of at least 4 members (excludes halogenated alkanes) is 11. The quantitative estimate of drug-likeness (QED) is 0.0555. The fraction of sp³-hybridized carbons (Fsp3) is 0.718. The summed E-state index contributed by atoms with van der Waals surface area (Å²) < 4.78 is 22.8. The van der Waals surface area contributed by atoms with E-state index in [2.05, 4.69) is 28.2 Å². The van der Waals surface area contributed by atoms with E-state index < -0.39 is 0 Å². The summed E-state index contributed by atoms with van der Waals surface area (Å²) in [4.78, 5) is 37.2. The third kappa shape index (κ3) is 14.3. The number of carbonyl (C=O) groups is 3. The van der Waals surface area contributed by atoms with Crippen LogP contribution in [0.1, 0.15) is 134 Å². The minimum atomic E-state index is -0.0902. The lowest BCUT2D eigenvalue weighted by molar-refractivity contribution is -0.121. The maximum atomic E-state index is 13.6. The zero-order valence-electron chi connectivity index (χ0n) is 32.0. The number of hydrogen-bond donors (Lipinski definition) is 4. The van der Waals surface area contributed by atoms with E-state index in [1.807, 2.05) is 19.9 Å². The van der Waals surface area contributed by atoms with Crippen LogP contribution in [0, 0.1) is 6.92 Å². The SMILES string of the molecule is CCCCCCCCC/C(=C\c1c(C)c(OC)c(OC)c(OC)c1OC)C(=O)NCCCCCCNC(=O)CCCCCC1NC(=O)N[C@H]1C. The van der Waals surface area contributed by atoms with Crippen molar-refractivity contribution in [3.05, 3.63) is 16.7 Å². The van der Waals surface area contributed by atoms with Crippen molar-refractivity contribution in [1.82, 2.24) is 21.3 Å². The second-order valence-electron chi connectivity index (χ2n) is 13.3. The van der Waals surface area contributed by atoms with Gasteiger partial charge in [0.2, 0.25) is 23.3 Å². The molecule has 2 rings (SSSR count). The molecule has 0 aliphatic carbocycles. The lowest BCUT2D eigenvalue weighted by Gasteiger charge is -2.21. The summed E-state index contributed by atoms with van der Waals surface area (Å²) in [6, 6.07) is 0.248. The Hall–Kier alpha value is -3.63. The van der Waals surface area contributed by atoms with Gasteiger partial charge in [-0.25, -0.2) is 4.79 Å². The van der Waals surface area contributed by atoms with Crippen LogP contribution in [0.3, 0.4) is 0 Å². The largest absolute Gasteiger partial charge is 0.492 e. The zero-order chi connectivity index (χ0) is 36.7. The molecule has 1 aliphatic heterocycles. The van der Waals surface area contributed by atoms with Crippen molar-refractivity contribution in [3.8, 4) is 23.0 Å². The number of carbonyl (C=O) groups excluding carboxylic acids is 3. The Morgan fingerprint density at radius 2 is 1.22 bits per heavy atom. The Kier molecular flexibility index (Phi) is 20.8. The van der Waals surface area contributed by atoms with E-state index in [1.165, 1.54) is 32.1 Å². The third-order valence-corrected chi connectivity index (χ3v) is 9.49. The van der Waals surface area contributed by atoms with E-state index in [4.69, 9.17) is 18.9 Å². The average Bonchev–Trinajstić information content (AvgIpc) is 3.43. The Morgan fingerprint density at radius 3 is 1.82 bits per heavy atom. The molecule has 4 N–H and O–H groups in total. The van der Waals surface area contributed by atoms with E-state index in [9.17, 15) is 14.4 Å². The standard InChI is InChI=1S/C39H66N4O7/c1-8-9-10-11-12-13-17-22-30(27-31-28(2)34(47-4)36(49-6)37(50-7)35(31)48-5)38(45)41-26-21-15-14-20-25-40-33(44)24-19-16-18-23-32-29(3)42-39(46)43-32/h27,29,32H,8-26H2,1-7H3,(H,40,44)(H,41,45)(H2,42,43,46)/b30-27+/t29-,32?/m0/s1. The molecule has 1 aromatic rings. The smallest absolute Gasteiger partial charge is 0.315 e. The normalized spacial score (nSPS) is 15.7. The van der Waals surface area contributed by atoms with Gasteiger partial charge in [0.15, 0.2) is 11.5 Å². The van der Waals surface area contributed by atoms with Crippen LogP contribution < -0.4 is 40.2 Å². The topological polar surface area (TPSA) is 136 Å². The average molecular weight is 703 g/mol. The van der Waals surface area contributed by atoms with Gasteiger partial charge in [-0.05, 0) is 58.4 Å². The summed E-state index contributed by atoms with van der Waals surface area (Å²) in [5.74, 6) is 1.95. The molecule has 1 heterocycles. The minimum absolute atomic E-state index is 0.0716. The highest BCUT2D eigenvalue weighted by Gasteiger charge is 2.27. The third-order valence-electron chi connectivity index (χ3n) is 9.49. The molecule has 0 saturated carbocycles. The summed E-state index contributed by atoms with van der Waals surface area (Å²) in [5.41, 5.74) is 2.25. The van der Waals surface area contributed by atoms with Gasteiger partial charge in [0.05, 0.1) is 34.5 Å². The maximum absolute atomic E-state index is 13.6. The molecule has 0 aromatic heterocycles. The molecule has 11 heteroatoms. The number of ether oxygens (including phenoxy) is 4. The lowest BCUT2D eigenvalue weighted by atomic mass is 9.98. The highest BCUT2D eigenvalue weighted by atomic mass is 16.5. The molecule has 0 bridgehead atoms. The number of methoxy groups -OCH3 is 4. The van der Waals surface area contributed by atoms with E-state index in [0.717, 1.165) is 75.3 Å². The number of nitrogens with one attached hydrogen (secondary N) is 4. The van der Waals surface area contributed by atoms with Crippen LogP contribution in [0.15, 0.2) is 5.57 Å². The zero-order valence-corrected chi connectivity index (χ0v) is 32.0. The van der Waals surface area contributed by atoms with Crippen molar-refractivity contribution in [2.45, 2.75) is 142 Å². The molecular weight excluding hydrogens is 636 g/mol. The molecule has 0 spiro atoms. The summed E-state index contributed by atoms with van der Waals surface area (Å²) in [6.45, 7) is 7.42. The molecule has 4 amide bonds. The van der Waals surface area contributed by atoms with Crippen LogP contribution >= 0.6 is 0 Å². The van der Waals surface area contributed by atoms with Gasteiger partial charge in [-0.15, -0.1) is 0 Å². The molecule has 1 saturated heterocycles. The van der Waals surface area contributed by atoms with Crippen LogP contribution in [0.4, 0.5) is 4.79 Å². The molecule has 50 heavy (non-hydrogen) atoms. The summed E-state index contributed by atoms with van der Waals surface area (Å²) in [7, 11) is 6.30. The van der Waals surface area contributed by atoms with Gasteiger partial charge in [-0.1, -0.05) is 71.1 Å². The van der Waals surface area contributed by atoms with Crippen LogP contribution in [-0.4, -0.2) is 71.5 Å². The molecule has 1 fully saturated rings. The summed E-state index contributed by atoms with van der Waals surface area (Å²) in [6.07, 6.45) is 18.8. The van der Waals surface area contributed by atoms with Gasteiger partial charge in [0.1, 0.15) is 0 Å². The molecule has 11 nitrogen and oxygen atoms in total.